The van der Waals surface area contributed by atoms with E-state index in [9.17, 15) is 10.2 Å². The van der Waals surface area contributed by atoms with Crippen molar-refractivity contribution in [2.45, 2.75) is 46.5 Å². The molecule has 1 atom stereocenters. The van der Waals surface area contributed by atoms with E-state index in [2.05, 4.69) is 27.7 Å². The van der Waals surface area contributed by atoms with Crippen molar-refractivity contribution in [1.29, 1.82) is 0 Å². The molecule has 0 radical (unpaired) electrons. The molecule has 90 valence electrons. The van der Waals surface area contributed by atoms with E-state index in [1.54, 1.807) is 12.1 Å². The van der Waals surface area contributed by atoms with Crippen molar-refractivity contribution in [3.05, 3.63) is 23.8 Å². The van der Waals surface area contributed by atoms with Gasteiger partial charge in [-0.2, -0.15) is 0 Å². The van der Waals surface area contributed by atoms with Gasteiger partial charge in [-0.25, -0.2) is 0 Å². The van der Waals surface area contributed by atoms with Crippen molar-refractivity contribution in [1.82, 2.24) is 0 Å². The summed E-state index contributed by atoms with van der Waals surface area (Å²) in [5.74, 6) is 0.278. The second-order valence-corrected chi connectivity index (χ2v) is 5.21. The molecule has 2 heteroatoms. The Labute approximate surface area is 97.9 Å². The smallest absolute Gasteiger partial charge is 0.157 e. The van der Waals surface area contributed by atoms with Crippen molar-refractivity contribution in [3.8, 4) is 11.5 Å². The first kappa shape index (κ1) is 12.9. The van der Waals surface area contributed by atoms with Crippen LogP contribution in [-0.2, 0) is 0 Å². The van der Waals surface area contributed by atoms with Gasteiger partial charge in [0, 0.05) is 0 Å². The third kappa shape index (κ3) is 2.69. The van der Waals surface area contributed by atoms with Crippen LogP contribution in [0.3, 0.4) is 0 Å². The molecule has 16 heavy (non-hydrogen) atoms. The normalized spacial score (nSPS) is 13.8. The van der Waals surface area contributed by atoms with Crippen molar-refractivity contribution in [2.75, 3.05) is 0 Å². The molecule has 0 aromatic heterocycles. The van der Waals surface area contributed by atoms with E-state index in [-0.39, 0.29) is 16.9 Å². The van der Waals surface area contributed by atoms with Gasteiger partial charge in [-0.05, 0) is 35.4 Å². The highest BCUT2D eigenvalue weighted by Gasteiger charge is 2.26. The molecule has 0 saturated heterocycles. The predicted molar refractivity (Wildman–Crippen MR) is 66.9 cm³/mol. The molecule has 2 nitrogen and oxygen atoms in total. The summed E-state index contributed by atoms with van der Waals surface area (Å²) < 4.78 is 0. The number of phenols is 2. The van der Waals surface area contributed by atoms with Crippen LogP contribution in [0, 0.1) is 5.41 Å². The second kappa shape index (κ2) is 4.77. The quantitative estimate of drug-likeness (QED) is 0.755. The molecular formula is C14H22O2. The Balaban J connectivity index is 2.95. The molecule has 1 rings (SSSR count). The molecule has 0 spiro atoms. The Hall–Kier alpha value is -1.18. The number of hydrogen-bond donors (Lipinski definition) is 2. The van der Waals surface area contributed by atoms with E-state index in [0.717, 1.165) is 18.4 Å². The summed E-state index contributed by atoms with van der Waals surface area (Å²) in [5, 5.41) is 18.8. The first-order chi connectivity index (χ1) is 7.38. The minimum Gasteiger partial charge on any atom is -0.504 e. The fourth-order valence-corrected chi connectivity index (χ4v) is 2.12. The van der Waals surface area contributed by atoms with Gasteiger partial charge in [0.15, 0.2) is 11.5 Å². The predicted octanol–water partition coefficient (Wildman–Crippen LogP) is 4.03. The average Bonchev–Trinajstić information content (AvgIpc) is 2.21. The molecule has 0 saturated carbocycles. The standard InChI is InChI=1S/C14H22O2/c1-5-8-14(3,4)10(2)11-6-7-12(15)13(16)9-11/h6-7,9-10,15-16H,5,8H2,1-4H3. The topological polar surface area (TPSA) is 40.5 Å². The zero-order chi connectivity index (χ0) is 12.3. The van der Waals surface area contributed by atoms with Crippen LogP contribution in [0.25, 0.3) is 0 Å². The number of phenolic OH excluding ortho intramolecular Hbond substituents is 2. The average molecular weight is 222 g/mol. The molecule has 1 unspecified atom stereocenters. The van der Waals surface area contributed by atoms with E-state index in [4.69, 9.17) is 0 Å². The fraction of sp³-hybridized carbons (Fsp3) is 0.571. The van der Waals surface area contributed by atoms with Crippen LogP contribution < -0.4 is 0 Å². The van der Waals surface area contributed by atoms with E-state index in [0.29, 0.717) is 5.92 Å². The third-order valence-corrected chi connectivity index (χ3v) is 3.57. The lowest BCUT2D eigenvalue weighted by molar-refractivity contribution is 0.272. The van der Waals surface area contributed by atoms with Gasteiger partial charge in [0.05, 0.1) is 0 Å². The van der Waals surface area contributed by atoms with Gasteiger partial charge in [0.1, 0.15) is 0 Å². The summed E-state index contributed by atoms with van der Waals surface area (Å²) in [6, 6.07) is 5.11. The van der Waals surface area contributed by atoms with Crippen LogP contribution in [0.1, 0.15) is 52.0 Å². The number of aromatic hydroxyl groups is 2. The summed E-state index contributed by atoms with van der Waals surface area (Å²) in [6.45, 7) is 8.83. The van der Waals surface area contributed by atoms with Crippen LogP contribution in [0.2, 0.25) is 0 Å². The van der Waals surface area contributed by atoms with Gasteiger partial charge < -0.3 is 10.2 Å². The zero-order valence-electron chi connectivity index (χ0n) is 10.6. The number of rotatable bonds is 4. The molecule has 2 N–H and O–H groups in total. The molecule has 0 fully saturated rings. The molecular weight excluding hydrogens is 200 g/mol. The Morgan fingerprint density at radius 3 is 2.31 bits per heavy atom. The minimum atomic E-state index is -0.0516. The van der Waals surface area contributed by atoms with Gasteiger partial charge >= 0.3 is 0 Å². The molecule has 0 amide bonds. The Bertz CT molecular complexity index is 356. The van der Waals surface area contributed by atoms with Gasteiger partial charge in [-0.15, -0.1) is 0 Å². The lowest BCUT2D eigenvalue weighted by Crippen LogP contribution is -2.19. The second-order valence-electron chi connectivity index (χ2n) is 5.21. The van der Waals surface area contributed by atoms with Crippen molar-refractivity contribution >= 4 is 0 Å². The zero-order valence-corrected chi connectivity index (χ0v) is 10.6. The first-order valence-electron chi connectivity index (χ1n) is 5.90. The SMILES string of the molecule is CCCC(C)(C)C(C)c1ccc(O)c(O)c1. The maximum absolute atomic E-state index is 9.49. The maximum atomic E-state index is 9.49. The highest BCUT2D eigenvalue weighted by molar-refractivity contribution is 5.41. The van der Waals surface area contributed by atoms with Crippen LogP contribution in [0.4, 0.5) is 0 Å². The summed E-state index contributed by atoms with van der Waals surface area (Å²) in [4.78, 5) is 0. The highest BCUT2D eigenvalue weighted by Crippen LogP contribution is 2.40. The van der Waals surface area contributed by atoms with E-state index in [1.165, 1.54) is 0 Å². The molecule has 0 aliphatic rings. The Morgan fingerprint density at radius 2 is 1.81 bits per heavy atom. The van der Waals surface area contributed by atoms with Crippen LogP contribution in [0.5, 0.6) is 11.5 Å². The van der Waals surface area contributed by atoms with Gasteiger partial charge in [-0.1, -0.05) is 40.2 Å². The summed E-state index contributed by atoms with van der Waals surface area (Å²) in [7, 11) is 0. The molecule has 0 heterocycles. The van der Waals surface area contributed by atoms with E-state index < -0.39 is 0 Å². The Morgan fingerprint density at radius 1 is 1.19 bits per heavy atom. The lowest BCUT2D eigenvalue weighted by Gasteiger charge is -2.32. The third-order valence-electron chi connectivity index (χ3n) is 3.57. The van der Waals surface area contributed by atoms with Crippen molar-refractivity contribution < 1.29 is 10.2 Å². The molecule has 1 aromatic carbocycles. The molecule has 0 aliphatic heterocycles. The summed E-state index contributed by atoms with van der Waals surface area (Å²) >= 11 is 0. The largest absolute Gasteiger partial charge is 0.504 e. The summed E-state index contributed by atoms with van der Waals surface area (Å²) in [5.41, 5.74) is 1.28. The van der Waals surface area contributed by atoms with Gasteiger partial charge in [0.25, 0.3) is 0 Å². The van der Waals surface area contributed by atoms with Gasteiger partial charge in [-0.3, -0.25) is 0 Å². The molecule has 0 aliphatic carbocycles. The fourth-order valence-electron chi connectivity index (χ4n) is 2.12. The number of hydrogen-bond acceptors (Lipinski definition) is 2. The first-order valence-corrected chi connectivity index (χ1v) is 5.90. The summed E-state index contributed by atoms with van der Waals surface area (Å²) in [6.07, 6.45) is 2.30. The van der Waals surface area contributed by atoms with Crippen LogP contribution in [-0.4, -0.2) is 10.2 Å². The van der Waals surface area contributed by atoms with Crippen molar-refractivity contribution in [2.24, 2.45) is 5.41 Å². The molecule has 1 aromatic rings. The highest BCUT2D eigenvalue weighted by atomic mass is 16.3. The van der Waals surface area contributed by atoms with Crippen molar-refractivity contribution in [3.63, 3.8) is 0 Å². The maximum Gasteiger partial charge on any atom is 0.157 e. The number of benzene rings is 1. The monoisotopic (exact) mass is 222 g/mol. The van der Waals surface area contributed by atoms with Gasteiger partial charge in [0.2, 0.25) is 0 Å². The van der Waals surface area contributed by atoms with Crippen LogP contribution in [0.15, 0.2) is 18.2 Å². The van der Waals surface area contributed by atoms with Crippen LogP contribution >= 0.6 is 0 Å². The van der Waals surface area contributed by atoms with E-state index in [1.807, 2.05) is 6.07 Å². The Kier molecular flexibility index (Phi) is 3.84. The lowest BCUT2D eigenvalue weighted by atomic mass is 9.73. The molecule has 0 bridgehead atoms. The van der Waals surface area contributed by atoms with E-state index >= 15 is 0 Å². The minimum absolute atomic E-state index is 0.0309.